The van der Waals surface area contributed by atoms with Crippen LogP contribution in [-0.4, -0.2) is 48.9 Å². The van der Waals surface area contributed by atoms with Gasteiger partial charge in [0.05, 0.1) is 0 Å². The predicted octanol–water partition coefficient (Wildman–Crippen LogP) is 1.99. The number of halogens is 1. The van der Waals surface area contributed by atoms with Crippen LogP contribution in [0.4, 0.5) is 0 Å². The van der Waals surface area contributed by atoms with Crippen LogP contribution in [0.3, 0.4) is 0 Å². The maximum Gasteiger partial charge on any atom is 0.253 e. The summed E-state index contributed by atoms with van der Waals surface area (Å²) >= 11 is 2.28. The van der Waals surface area contributed by atoms with Gasteiger partial charge < -0.3 is 9.80 Å². The summed E-state index contributed by atoms with van der Waals surface area (Å²) in [5, 5.41) is 0. The van der Waals surface area contributed by atoms with Crippen molar-refractivity contribution >= 4 is 28.5 Å². The lowest BCUT2D eigenvalue weighted by atomic mass is 10.1. The first-order valence-corrected chi connectivity index (χ1v) is 6.90. The Balaban J connectivity index is 2.11. The van der Waals surface area contributed by atoms with Crippen LogP contribution in [0, 0.1) is 10.5 Å². The fraction of sp³-hybridized carbons (Fsp3) is 0.462. The zero-order valence-corrected chi connectivity index (χ0v) is 12.4. The number of hydrogen-bond acceptors (Lipinski definition) is 2. The van der Waals surface area contributed by atoms with Gasteiger partial charge in [-0.15, -0.1) is 0 Å². The van der Waals surface area contributed by atoms with E-state index in [9.17, 15) is 4.79 Å². The van der Waals surface area contributed by atoms with Gasteiger partial charge in [0.15, 0.2) is 0 Å². The van der Waals surface area contributed by atoms with Crippen LogP contribution in [0.1, 0.15) is 15.9 Å². The van der Waals surface area contributed by atoms with Crippen LogP contribution >= 0.6 is 22.6 Å². The van der Waals surface area contributed by atoms with Crippen LogP contribution in [0.15, 0.2) is 18.2 Å². The zero-order chi connectivity index (χ0) is 12.4. The van der Waals surface area contributed by atoms with Crippen molar-refractivity contribution in [3.8, 4) is 0 Å². The summed E-state index contributed by atoms with van der Waals surface area (Å²) in [6.07, 6.45) is 0. The number of aryl methyl sites for hydroxylation is 1. The highest BCUT2D eigenvalue weighted by molar-refractivity contribution is 14.1. The van der Waals surface area contributed by atoms with Crippen molar-refractivity contribution in [3.63, 3.8) is 0 Å². The largest absolute Gasteiger partial charge is 0.336 e. The van der Waals surface area contributed by atoms with E-state index in [4.69, 9.17) is 0 Å². The third kappa shape index (κ3) is 2.98. The molecule has 17 heavy (non-hydrogen) atoms. The first-order chi connectivity index (χ1) is 8.08. The minimum Gasteiger partial charge on any atom is -0.336 e. The number of likely N-dealkylation sites (N-methyl/N-ethyl adjacent to an activating group) is 1. The third-order valence-electron chi connectivity index (χ3n) is 3.21. The van der Waals surface area contributed by atoms with Gasteiger partial charge in [-0.1, -0.05) is 6.07 Å². The molecule has 1 heterocycles. The van der Waals surface area contributed by atoms with Crippen LogP contribution in [0.5, 0.6) is 0 Å². The Kier molecular flexibility index (Phi) is 4.04. The molecule has 1 aromatic carbocycles. The van der Waals surface area contributed by atoms with E-state index in [1.807, 2.05) is 23.1 Å². The smallest absolute Gasteiger partial charge is 0.253 e. The molecule has 2 rings (SSSR count). The van der Waals surface area contributed by atoms with Crippen molar-refractivity contribution in [1.82, 2.24) is 9.80 Å². The molecule has 4 heteroatoms. The Morgan fingerprint density at radius 1 is 1.24 bits per heavy atom. The number of carbonyl (C=O) groups excluding carboxylic acids is 1. The Bertz CT molecular complexity index is 425. The maximum atomic E-state index is 12.3. The number of piperazine rings is 1. The standard InChI is InChI=1S/C13H17IN2O/c1-10-3-4-11(9-12(10)14)13(17)16-7-5-15(2)6-8-16/h3-4,9H,5-8H2,1-2H3. The maximum absolute atomic E-state index is 12.3. The molecule has 0 aliphatic carbocycles. The summed E-state index contributed by atoms with van der Waals surface area (Å²) in [4.78, 5) is 16.5. The van der Waals surface area contributed by atoms with Crippen molar-refractivity contribution in [2.75, 3.05) is 33.2 Å². The lowest BCUT2D eigenvalue weighted by Crippen LogP contribution is -2.47. The summed E-state index contributed by atoms with van der Waals surface area (Å²) in [6, 6.07) is 5.93. The van der Waals surface area contributed by atoms with Crippen molar-refractivity contribution in [2.24, 2.45) is 0 Å². The molecule has 0 N–H and O–H groups in total. The van der Waals surface area contributed by atoms with E-state index in [2.05, 4.69) is 41.5 Å². The third-order valence-corrected chi connectivity index (χ3v) is 4.37. The highest BCUT2D eigenvalue weighted by atomic mass is 127. The second kappa shape index (κ2) is 5.35. The first kappa shape index (κ1) is 12.8. The molecule has 0 spiro atoms. The quantitative estimate of drug-likeness (QED) is 0.728. The van der Waals surface area contributed by atoms with E-state index in [0.29, 0.717) is 0 Å². The molecular formula is C13H17IN2O. The molecule has 1 aliphatic heterocycles. The number of hydrogen-bond donors (Lipinski definition) is 0. The average Bonchev–Trinajstić information content (AvgIpc) is 2.33. The van der Waals surface area contributed by atoms with Gasteiger partial charge in [-0.25, -0.2) is 0 Å². The van der Waals surface area contributed by atoms with Crippen molar-refractivity contribution in [2.45, 2.75) is 6.92 Å². The minimum atomic E-state index is 0.163. The van der Waals surface area contributed by atoms with Gasteiger partial charge in [0.1, 0.15) is 0 Å². The average molecular weight is 344 g/mol. The molecule has 92 valence electrons. The molecule has 0 atom stereocenters. The Hall–Kier alpha value is -0.620. The monoisotopic (exact) mass is 344 g/mol. The first-order valence-electron chi connectivity index (χ1n) is 5.82. The fourth-order valence-corrected chi connectivity index (χ4v) is 2.43. The summed E-state index contributed by atoms with van der Waals surface area (Å²) in [5.41, 5.74) is 2.03. The summed E-state index contributed by atoms with van der Waals surface area (Å²) in [7, 11) is 2.09. The predicted molar refractivity (Wildman–Crippen MR) is 77.3 cm³/mol. The van der Waals surface area contributed by atoms with E-state index in [1.54, 1.807) is 0 Å². The Labute approximate surface area is 116 Å². The highest BCUT2D eigenvalue weighted by Crippen LogP contribution is 2.15. The molecule has 0 radical (unpaired) electrons. The molecule has 0 aromatic heterocycles. The topological polar surface area (TPSA) is 23.6 Å². The molecule has 1 saturated heterocycles. The van der Waals surface area contributed by atoms with Crippen molar-refractivity contribution in [3.05, 3.63) is 32.9 Å². The number of benzene rings is 1. The van der Waals surface area contributed by atoms with E-state index in [0.717, 1.165) is 35.3 Å². The SMILES string of the molecule is Cc1ccc(C(=O)N2CCN(C)CC2)cc1I. The molecular weight excluding hydrogens is 327 g/mol. The Morgan fingerprint density at radius 2 is 1.88 bits per heavy atom. The van der Waals surface area contributed by atoms with Crippen molar-refractivity contribution < 1.29 is 4.79 Å². The van der Waals surface area contributed by atoms with Gasteiger partial charge in [0.25, 0.3) is 5.91 Å². The normalized spacial score (nSPS) is 17.2. The minimum absolute atomic E-state index is 0.163. The molecule has 0 unspecified atom stereocenters. The lowest BCUT2D eigenvalue weighted by Gasteiger charge is -2.32. The van der Waals surface area contributed by atoms with Gasteiger partial charge >= 0.3 is 0 Å². The molecule has 0 saturated carbocycles. The molecule has 0 bridgehead atoms. The lowest BCUT2D eigenvalue weighted by molar-refractivity contribution is 0.0664. The van der Waals surface area contributed by atoms with E-state index in [-0.39, 0.29) is 5.91 Å². The van der Waals surface area contributed by atoms with E-state index in [1.165, 1.54) is 5.56 Å². The number of carbonyl (C=O) groups is 1. The van der Waals surface area contributed by atoms with Gasteiger partial charge in [-0.2, -0.15) is 0 Å². The molecule has 3 nitrogen and oxygen atoms in total. The summed E-state index contributed by atoms with van der Waals surface area (Å²) in [5.74, 6) is 0.163. The Morgan fingerprint density at radius 3 is 2.47 bits per heavy atom. The molecule has 1 fully saturated rings. The fourth-order valence-electron chi connectivity index (χ4n) is 1.92. The van der Waals surface area contributed by atoms with Gasteiger partial charge in [-0.05, 0) is 54.3 Å². The second-order valence-electron chi connectivity index (χ2n) is 4.56. The second-order valence-corrected chi connectivity index (χ2v) is 5.72. The van der Waals surface area contributed by atoms with Crippen LogP contribution in [0.25, 0.3) is 0 Å². The molecule has 1 aromatic rings. The number of nitrogens with zero attached hydrogens (tertiary/aromatic N) is 2. The molecule has 1 aliphatic rings. The van der Waals surface area contributed by atoms with E-state index < -0.39 is 0 Å². The van der Waals surface area contributed by atoms with Crippen LogP contribution in [0.2, 0.25) is 0 Å². The molecule has 1 amide bonds. The van der Waals surface area contributed by atoms with Crippen molar-refractivity contribution in [1.29, 1.82) is 0 Å². The van der Waals surface area contributed by atoms with E-state index >= 15 is 0 Å². The van der Waals surface area contributed by atoms with Gasteiger partial charge in [-0.3, -0.25) is 4.79 Å². The van der Waals surface area contributed by atoms with Gasteiger partial charge in [0.2, 0.25) is 0 Å². The van der Waals surface area contributed by atoms with Crippen LogP contribution in [-0.2, 0) is 0 Å². The number of rotatable bonds is 1. The highest BCUT2D eigenvalue weighted by Gasteiger charge is 2.20. The van der Waals surface area contributed by atoms with Gasteiger partial charge in [0, 0.05) is 35.3 Å². The summed E-state index contributed by atoms with van der Waals surface area (Å²) in [6.45, 7) is 5.66. The zero-order valence-electron chi connectivity index (χ0n) is 10.2. The number of amides is 1. The van der Waals surface area contributed by atoms with Crippen LogP contribution < -0.4 is 0 Å². The summed E-state index contributed by atoms with van der Waals surface area (Å²) < 4.78 is 1.16.